The predicted octanol–water partition coefficient (Wildman–Crippen LogP) is 2.82. The van der Waals surface area contributed by atoms with Gasteiger partial charge in [-0.25, -0.2) is 0 Å². The lowest BCUT2D eigenvalue weighted by atomic mass is 10.2. The van der Waals surface area contributed by atoms with E-state index in [1.807, 2.05) is 32.0 Å². The molecule has 0 aliphatic carbocycles. The molecule has 2 N–H and O–H groups in total. The van der Waals surface area contributed by atoms with Crippen molar-refractivity contribution in [1.82, 2.24) is 9.78 Å². The Bertz CT molecular complexity index is 626. The number of rotatable bonds is 6. The van der Waals surface area contributed by atoms with Gasteiger partial charge in [-0.2, -0.15) is 5.10 Å². The van der Waals surface area contributed by atoms with Gasteiger partial charge in [0.2, 0.25) is 0 Å². The highest BCUT2D eigenvalue weighted by atomic mass is 35.5. The molecule has 0 saturated heterocycles. The van der Waals surface area contributed by atoms with Gasteiger partial charge >= 0.3 is 0 Å². The number of hydrogen-bond donors (Lipinski definition) is 1. The molecule has 0 saturated carbocycles. The largest absolute Gasteiger partial charge is 0.490 e. The van der Waals surface area contributed by atoms with Crippen LogP contribution in [0.3, 0.4) is 0 Å². The molecule has 0 radical (unpaired) electrons. The van der Waals surface area contributed by atoms with Gasteiger partial charge in [0.1, 0.15) is 11.8 Å². The molecule has 0 bridgehead atoms. The monoisotopic (exact) mass is 309 g/mol. The summed E-state index contributed by atoms with van der Waals surface area (Å²) in [6.45, 7) is 5.12. The van der Waals surface area contributed by atoms with Crippen LogP contribution in [-0.4, -0.2) is 16.4 Å². The van der Waals surface area contributed by atoms with Gasteiger partial charge in [-0.15, -0.1) is 0 Å². The zero-order valence-electron chi connectivity index (χ0n) is 12.5. The highest BCUT2D eigenvalue weighted by molar-refractivity contribution is 6.30. The molecule has 6 heteroatoms. The average molecular weight is 310 g/mol. The summed E-state index contributed by atoms with van der Waals surface area (Å²) in [5, 5.41) is 4.85. The fourth-order valence-corrected chi connectivity index (χ4v) is 2.37. The summed E-state index contributed by atoms with van der Waals surface area (Å²) >= 11 is 6.22. The molecule has 2 rings (SSSR count). The van der Waals surface area contributed by atoms with E-state index in [-0.39, 0.29) is 0 Å². The van der Waals surface area contributed by atoms with Gasteiger partial charge in [0.05, 0.1) is 12.3 Å². The Labute approximate surface area is 129 Å². The van der Waals surface area contributed by atoms with Crippen molar-refractivity contribution in [3.8, 4) is 11.5 Å². The number of hydrogen-bond acceptors (Lipinski definition) is 4. The van der Waals surface area contributed by atoms with Crippen molar-refractivity contribution in [2.75, 3.05) is 6.61 Å². The molecule has 2 aromatic rings. The number of halogens is 1. The topological polar surface area (TPSA) is 62.3 Å². The van der Waals surface area contributed by atoms with Gasteiger partial charge in [-0.3, -0.25) is 4.68 Å². The molecule has 1 aromatic carbocycles. The first-order chi connectivity index (χ1) is 10.1. The predicted molar refractivity (Wildman–Crippen MR) is 82.8 cm³/mol. The number of para-hydroxylation sites is 1. The van der Waals surface area contributed by atoms with Crippen molar-refractivity contribution >= 4 is 11.6 Å². The summed E-state index contributed by atoms with van der Waals surface area (Å²) < 4.78 is 13.2. The number of aryl methyl sites for hydroxylation is 2. The molecule has 1 aromatic heterocycles. The lowest BCUT2D eigenvalue weighted by Gasteiger charge is -2.15. The van der Waals surface area contributed by atoms with Crippen LogP contribution in [0.5, 0.6) is 11.5 Å². The normalized spacial score (nSPS) is 10.7. The minimum absolute atomic E-state index is 0.329. The van der Waals surface area contributed by atoms with Crippen molar-refractivity contribution in [1.29, 1.82) is 0 Å². The summed E-state index contributed by atoms with van der Waals surface area (Å²) in [7, 11) is 1.80. The molecule has 0 amide bonds. The summed E-state index contributed by atoms with van der Waals surface area (Å²) in [5.74, 6) is 1.36. The quantitative estimate of drug-likeness (QED) is 0.891. The number of aromatic nitrogens is 2. The Morgan fingerprint density at radius 1 is 1.33 bits per heavy atom. The van der Waals surface area contributed by atoms with E-state index in [0.717, 1.165) is 16.8 Å². The second kappa shape index (κ2) is 6.83. The Morgan fingerprint density at radius 3 is 2.67 bits per heavy atom. The highest BCUT2D eigenvalue weighted by Gasteiger charge is 2.15. The van der Waals surface area contributed by atoms with Crippen LogP contribution in [0.25, 0.3) is 0 Å². The molecule has 114 valence electrons. The molecule has 0 aliphatic rings. The van der Waals surface area contributed by atoms with E-state index in [4.69, 9.17) is 26.8 Å². The van der Waals surface area contributed by atoms with Crippen LogP contribution in [-0.2, 0) is 20.2 Å². The van der Waals surface area contributed by atoms with Crippen LogP contribution in [0, 0.1) is 6.92 Å². The minimum atomic E-state index is 0.329. The summed E-state index contributed by atoms with van der Waals surface area (Å²) in [6.07, 6.45) is 0. The van der Waals surface area contributed by atoms with Crippen molar-refractivity contribution in [3.63, 3.8) is 0 Å². The molecule has 0 fully saturated rings. The average Bonchev–Trinajstić information content (AvgIpc) is 2.71. The van der Waals surface area contributed by atoms with E-state index in [0.29, 0.717) is 36.4 Å². The molecule has 0 aliphatic heterocycles. The third kappa shape index (κ3) is 3.31. The van der Waals surface area contributed by atoms with E-state index in [2.05, 4.69) is 5.10 Å². The van der Waals surface area contributed by atoms with Crippen molar-refractivity contribution in [2.45, 2.75) is 27.0 Å². The van der Waals surface area contributed by atoms with E-state index < -0.39 is 0 Å². The lowest BCUT2D eigenvalue weighted by Crippen LogP contribution is -2.06. The van der Waals surface area contributed by atoms with Crippen molar-refractivity contribution in [2.24, 2.45) is 12.8 Å². The molecule has 0 spiro atoms. The Balaban J connectivity index is 2.26. The number of nitrogens with zero attached hydrogens (tertiary/aromatic N) is 2. The number of nitrogens with two attached hydrogens (primary N) is 1. The van der Waals surface area contributed by atoms with Crippen LogP contribution in [0.15, 0.2) is 18.2 Å². The smallest absolute Gasteiger partial charge is 0.166 e. The van der Waals surface area contributed by atoms with Crippen molar-refractivity contribution in [3.05, 3.63) is 40.2 Å². The van der Waals surface area contributed by atoms with Gasteiger partial charge < -0.3 is 15.2 Å². The van der Waals surface area contributed by atoms with Crippen LogP contribution in [0.1, 0.15) is 23.7 Å². The molecule has 1 heterocycles. The number of ether oxygens (including phenoxy) is 2. The molecular formula is C15H20ClN3O2. The molecule has 0 unspecified atom stereocenters. The molecule has 5 nitrogen and oxygen atoms in total. The Morgan fingerprint density at radius 2 is 2.10 bits per heavy atom. The second-order valence-corrected chi connectivity index (χ2v) is 5.01. The van der Waals surface area contributed by atoms with E-state index in [9.17, 15) is 0 Å². The van der Waals surface area contributed by atoms with E-state index in [1.165, 1.54) is 0 Å². The van der Waals surface area contributed by atoms with Crippen molar-refractivity contribution < 1.29 is 9.47 Å². The maximum absolute atomic E-state index is 6.22. The summed E-state index contributed by atoms with van der Waals surface area (Å²) in [4.78, 5) is 0. The van der Waals surface area contributed by atoms with Gasteiger partial charge in [0.15, 0.2) is 11.5 Å². The lowest BCUT2D eigenvalue weighted by molar-refractivity contribution is 0.266. The Kier molecular flexibility index (Phi) is 5.09. The first-order valence-electron chi connectivity index (χ1n) is 6.84. The third-order valence-electron chi connectivity index (χ3n) is 3.21. The zero-order valence-corrected chi connectivity index (χ0v) is 13.3. The SMILES string of the molecule is CCOc1cccc(CN)c1OCc1c(C)nn(C)c1Cl. The molecular weight excluding hydrogens is 290 g/mol. The maximum Gasteiger partial charge on any atom is 0.166 e. The van der Waals surface area contributed by atoms with Gasteiger partial charge in [-0.05, 0) is 19.9 Å². The first-order valence-corrected chi connectivity index (χ1v) is 7.21. The minimum Gasteiger partial charge on any atom is -0.490 e. The third-order valence-corrected chi connectivity index (χ3v) is 3.68. The first kappa shape index (κ1) is 15.7. The Hall–Kier alpha value is -1.72. The zero-order chi connectivity index (χ0) is 15.4. The van der Waals surface area contributed by atoms with Crippen LogP contribution < -0.4 is 15.2 Å². The van der Waals surface area contributed by atoms with Crippen LogP contribution >= 0.6 is 11.6 Å². The molecule has 0 atom stereocenters. The van der Waals surface area contributed by atoms with E-state index >= 15 is 0 Å². The summed E-state index contributed by atoms with van der Waals surface area (Å²) in [6, 6.07) is 5.70. The van der Waals surface area contributed by atoms with Crippen LogP contribution in [0.4, 0.5) is 0 Å². The molecule has 21 heavy (non-hydrogen) atoms. The van der Waals surface area contributed by atoms with E-state index in [1.54, 1.807) is 11.7 Å². The maximum atomic E-state index is 6.22. The summed E-state index contributed by atoms with van der Waals surface area (Å²) in [5.41, 5.74) is 8.39. The van der Waals surface area contributed by atoms with Gasteiger partial charge in [-0.1, -0.05) is 23.7 Å². The highest BCUT2D eigenvalue weighted by Crippen LogP contribution is 2.32. The number of benzene rings is 1. The van der Waals surface area contributed by atoms with Crippen LogP contribution in [0.2, 0.25) is 5.15 Å². The van der Waals surface area contributed by atoms with Gasteiger partial charge in [0, 0.05) is 24.7 Å². The fraction of sp³-hybridized carbons (Fsp3) is 0.400. The standard InChI is InChI=1S/C15H20ClN3O2/c1-4-20-13-7-5-6-11(8-17)14(13)21-9-12-10(2)18-19(3)15(12)16/h5-7H,4,8-9,17H2,1-3H3. The second-order valence-electron chi connectivity index (χ2n) is 4.65. The fourth-order valence-electron chi connectivity index (χ4n) is 2.14. The van der Waals surface area contributed by atoms with Gasteiger partial charge in [0.25, 0.3) is 0 Å².